The van der Waals surface area contributed by atoms with Crippen molar-refractivity contribution in [2.45, 2.75) is 46.0 Å². The van der Waals surface area contributed by atoms with Crippen LogP contribution in [0.4, 0.5) is 5.69 Å². The largest absolute Gasteiger partial charge is 0.456 e. The lowest BCUT2D eigenvalue weighted by molar-refractivity contribution is -0.151. The molecular formula is C26H30N2O5. The summed E-state index contributed by atoms with van der Waals surface area (Å²) >= 11 is 0. The van der Waals surface area contributed by atoms with Crippen LogP contribution in [-0.4, -0.2) is 48.7 Å². The molecule has 1 aliphatic carbocycles. The first-order valence-corrected chi connectivity index (χ1v) is 11.1. The highest BCUT2D eigenvalue weighted by Crippen LogP contribution is 2.23. The number of ether oxygens (including phenoxy) is 1. The summed E-state index contributed by atoms with van der Waals surface area (Å²) in [6.45, 7) is 3.15. The molecular weight excluding hydrogens is 420 g/mol. The SMILES string of the molecule is Cc1cccc(C)c1NC(=O)CN(C)C(=O)COC(=O)CCC(=O)c1ccc2c(c1)CCC2. The summed E-state index contributed by atoms with van der Waals surface area (Å²) in [5.74, 6) is -1.57. The van der Waals surface area contributed by atoms with Crippen LogP contribution in [0.15, 0.2) is 36.4 Å². The van der Waals surface area contributed by atoms with E-state index in [9.17, 15) is 19.2 Å². The lowest BCUT2D eigenvalue weighted by atomic mass is 10.0. The topological polar surface area (TPSA) is 92.8 Å². The van der Waals surface area contributed by atoms with Gasteiger partial charge in [-0.05, 0) is 61.4 Å². The van der Waals surface area contributed by atoms with Gasteiger partial charge in [-0.3, -0.25) is 19.2 Å². The first-order chi connectivity index (χ1) is 15.7. The molecule has 2 aromatic carbocycles. The number of benzene rings is 2. The number of carbonyl (C=O) groups excluding carboxylic acids is 4. The molecule has 0 aromatic heterocycles. The van der Waals surface area contributed by atoms with E-state index in [0.29, 0.717) is 5.56 Å². The molecule has 174 valence electrons. The quantitative estimate of drug-likeness (QED) is 0.467. The molecule has 0 atom stereocenters. The van der Waals surface area contributed by atoms with Crippen molar-refractivity contribution in [2.75, 3.05) is 25.5 Å². The Morgan fingerprint density at radius 2 is 1.67 bits per heavy atom. The molecule has 0 radical (unpaired) electrons. The summed E-state index contributed by atoms with van der Waals surface area (Å²) in [7, 11) is 1.47. The Bertz CT molecular complexity index is 1060. The van der Waals surface area contributed by atoms with Gasteiger partial charge in [0, 0.05) is 24.7 Å². The number of hydrogen-bond acceptors (Lipinski definition) is 5. The van der Waals surface area contributed by atoms with E-state index in [1.807, 2.05) is 44.2 Å². The molecule has 0 aliphatic heterocycles. The van der Waals surface area contributed by atoms with Gasteiger partial charge in [-0.25, -0.2) is 0 Å². The molecule has 0 unspecified atom stereocenters. The highest BCUT2D eigenvalue weighted by Gasteiger charge is 2.18. The number of Topliss-reactive ketones (excluding diaryl/α,β-unsaturated/α-hetero) is 1. The van der Waals surface area contributed by atoms with Crippen molar-refractivity contribution in [1.29, 1.82) is 0 Å². The number of rotatable bonds is 9. The van der Waals surface area contributed by atoms with Crippen LogP contribution >= 0.6 is 0 Å². The molecule has 2 amide bonds. The van der Waals surface area contributed by atoms with Crippen molar-refractivity contribution in [3.63, 3.8) is 0 Å². The molecule has 0 heterocycles. The number of hydrogen-bond donors (Lipinski definition) is 1. The number of nitrogens with zero attached hydrogens (tertiary/aromatic N) is 1. The van der Waals surface area contributed by atoms with Crippen molar-refractivity contribution in [1.82, 2.24) is 4.90 Å². The smallest absolute Gasteiger partial charge is 0.306 e. The standard InChI is InChI=1S/C26H30N2O5/c1-17-6-4-7-18(2)26(17)27-23(30)15-28(3)24(31)16-33-25(32)13-12-22(29)21-11-10-19-8-5-9-20(19)14-21/h4,6-7,10-11,14H,5,8-9,12-13,15-16H2,1-3H3,(H,27,30). The van der Waals surface area contributed by atoms with Crippen LogP contribution in [0.3, 0.4) is 0 Å². The highest BCUT2D eigenvalue weighted by molar-refractivity contribution is 5.98. The second-order valence-electron chi connectivity index (χ2n) is 8.49. The maximum atomic E-state index is 12.4. The second-order valence-corrected chi connectivity index (χ2v) is 8.49. The van der Waals surface area contributed by atoms with E-state index in [2.05, 4.69) is 5.32 Å². The number of amides is 2. The Morgan fingerprint density at radius 3 is 2.39 bits per heavy atom. The minimum absolute atomic E-state index is 0.0276. The molecule has 7 nitrogen and oxygen atoms in total. The van der Waals surface area contributed by atoms with Crippen LogP contribution in [0.25, 0.3) is 0 Å². The fourth-order valence-corrected chi connectivity index (χ4v) is 3.92. The molecule has 0 saturated heterocycles. The lowest BCUT2D eigenvalue weighted by Crippen LogP contribution is -2.37. The Hall–Kier alpha value is -3.48. The molecule has 0 saturated carbocycles. The Balaban J connectivity index is 1.40. The molecule has 0 bridgehead atoms. The third kappa shape index (κ3) is 6.51. The molecule has 1 N–H and O–H groups in total. The zero-order chi connectivity index (χ0) is 24.0. The number of fused-ring (bicyclic) bond motifs is 1. The normalized spacial score (nSPS) is 12.1. The van der Waals surface area contributed by atoms with Gasteiger partial charge in [0.05, 0.1) is 13.0 Å². The van der Waals surface area contributed by atoms with E-state index in [4.69, 9.17) is 4.74 Å². The Labute approximate surface area is 194 Å². The van der Waals surface area contributed by atoms with E-state index in [1.54, 1.807) is 6.07 Å². The number of ketones is 1. The molecule has 0 spiro atoms. The van der Waals surface area contributed by atoms with Gasteiger partial charge in [0.2, 0.25) is 5.91 Å². The van der Waals surface area contributed by atoms with Gasteiger partial charge in [-0.2, -0.15) is 0 Å². The van der Waals surface area contributed by atoms with Gasteiger partial charge in [0.15, 0.2) is 12.4 Å². The van der Waals surface area contributed by atoms with Crippen LogP contribution in [0.5, 0.6) is 0 Å². The number of carbonyl (C=O) groups is 4. The van der Waals surface area contributed by atoms with Crippen LogP contribution < -0.4 is 5.32 Å². The van der Waals surface area contributed by atoms with Crippen molar-refractivity contribution < 1.29 is 23.9 Å². The van der Waals surface area contributed by atoms with Gasteiger partial charge in [-0.1, -0.05) is 30.3 Å². The average Bonchev–Trinajstić information content (AvgIpc) is 3.26. The first kappa shape index (κ1) is 24.2. The summed E-state index contributed by atoms with van der Waals surface area (Å²) in [4.78, 5) is 50.1. The van der Waals surface area contributed by atoms with Crippen LogP contribution in [0.2, 0.25) is 0 Å². The van der Waals surface area contributed by atoms with Gasteiger partial charge >= 0.3 is 5.97 Å². The minimum Gasteiger partial charge on any atom is -0.456 e. The highest BCUT2D eigenvalue weighted by atomic mass is 16.5. The monoisotopic (exact) mass is 450 g/mol. The summed E-state index contributed by atoms with van der Waals surface area (Å²) in [6, 6.07) is 11.4. The number of nitrogens with one attached hydrogen (secondary N) is 1. The summed E-state index contributed by atoms with van der Waals surface area (Å²) in [6.07, 6.45) is 3.07. The van der Waals surface area contributed by atoms with Crippen LogP contribution in [0.1, 0.15) is 51.9 Å². The Morgan fingerprint density at radius 1 is 0.970 bits per heavy atom. The van der Waals surface area contributed by atoms with E-state index in [-0.39, 0.29) is 31.1 Å². The summed E-state index contributed by atoms with van der Waals surface area (Å²) < 4.78 is 5.01. The second kappa shape index (κ2) is 10.9. The van der Waals surface area contributed by atoms with Gasteiger partial charge in [0.25, 0.3) is 5.91 Å². The van der Waals surface area contributed by atoms with E-state index >= 15 is 0 Å². The lowest BCUT2D eigenvalue weighted by Gasteiger charge is -2.18. The zero-order valence-corrected chi connectivity index (χ0v) is 19.4. The van der Waals surface area contributed by atoms with Gasteiger partial charge < -0.3 is 15.0 Å². The number of anilines is 1. The van der Waals surface area contributed by atoms with Crippen molar-refractivity contribution in [3.05, 3.63) is 64.2 Å². The fraction of sp³-hybridized carbons (Fsp3) is 0.385. The molecule has 7 heteroatoms. The van der Waals surface area contributed by atoms with Crippen molar-refractivity contribution in [3.8, 4) is 0 Å². The number of likely N-dealkylation sites (N-methyl/N-ethyl adjacent to an activating group) is 1. The maximum absolute atomic E-state index is 12.4. The summed E-state index contributed by atoms with van der Waals surface area (Å²) in [5.41, 5.74) is 5.69. The van der Waals surface area contributed by atoms with Crippen LogP contribution in [0, 0.1) is 13.8 Å². The zero-order valence-electron chi connectivity index (χ0n) is 19.4. The predicted octanol–water partition coefficient (Wildman–Crippen LogP) is 3.40. The molecule has 33 heavy (non-hydrogen) atoms. The Kier molecular flexibility index (Phi) is 7.98. The number of esters is 1. The third-order valence-electron chi connectivity index (χ3n) is 5.89. The number of para-hydroxylation sites is 1. The van der Waals surface area contributed by atoms with Crippen molar-refractivity contribution in [2.24, 2.45) is 0 Å². The maximum Gasteiger partial charge on any atom is 0.306 e. The van der Waals surface area contributed by atoms with E-state index in [0.717, 1.165) is 36.1 Å². The van der Waals surface area contributed by atoms with E-state index < -0.39 is 18.5 Å². The summed E-state index contributed by atoms with van der Waals surface area (Å²) in [5, 5.41) is 2.81. The molecule has 0 fully saturated rings. The average molecular weight is 451 g/mol. The van der Waals surface area contributed by atoms with Crippen molar-refractivity contribution >= 4 is 29.3 Å². The first-order valence-electron chi connectivity index (χ1n) is 11.1. The van der Waals surface area contributed by atoms with Crippen LogP contribution in [-0.2, 0) is 32.0 Å². The fourth-order valence-electron chi connectivity index (χ4n) is 3.92. The van der Waals surface area contributed by atoms with Gasteiger partial charge in [0.1, 0.15) is 0 Å². The molecule has 2 aromatic rings. The molecule has 3 rings (SSSR count). The van der Waals surface area contributed by atoms with Gasteiger partial charge in [-0.15, -0.1) is 0 Å². The molecule has 1 aliphatic rings. The van der Waals surface area contributed by atoms with E-state index in [1.165, 1.54) is 23.1 Å². The third-order valence-corrected chi connectivity index (χ3v) is 5.89. The minimum atomic E-state index is -0.619. The predicted molar refractivity (Wildman–Crippen MR) is 125 cm³/mol. The number of aryl methyl sites for hydroxylation is 4.